The zero-order valence-electron chi connectivity index (χ0n) is 15.2. The lowest BCUT2D eigenvalue weighted by molar-refractivity contribution is -0.133. The summed E-state index contributed by atoms with van der Waals surface area (Å²) in [5.74, 6) is 1.04. The Morgan fingerprint density at radius 3 is 2.07 bits per heavy atom. The molecule has 0 N–H and O–H groups in total. The van der Waals surface area contributed by atoms with Crippen molar-refractivity contribution in [1.29, 1.82) is 0 Å². The predicted octanol–water partition coefficient (Wildman–Crippen LogP) is 4.80. The Hall–Kier alpha value is -3.40. The van der Waals surface area contributed by atoms with Crippen molar-refractivity contribution in [3.63, 3.8) is 0 Å². The molecule has 3 rings (SSSR count). The van der Waals surface area contributed by atoms with Crippen molar-refractivity contribution >= 4 is 18.1 Å². The van der Waals surface area contributed by atoms with E-state index in [-0.39, 0.29) is 12.4 Å². The minimum Gasteiger partial charge on any atom is -0.494 e. The van der Waals surface area contributed by atoms with Gasteiger partial charge in [0.15, 0.2) is 0 Å². The Labute approximate surface area is 159 Å². The quantitative estimate of drug-likeness (QED) is 0.449. The maximum Gasteiger partial charge on any atom is 0.315 e. The third-order valence-electron chi connectivity index (χ3n) is 3.87. The van der Waals surface area contributed by atoms with Gasteiger partial charge < -0.3 is 9.47 Å². The highest BCUT2D eigenvalue weighted by Gasteiger charge is 2.07. The number of ether oxygens (including phenoxy) is 2. The summed E-state index contributed by atoms with van der Waals surface area (Å²) in [5.41, 5.74) is 2.99. The molecule has 2 aromatic carbocycles. The van der Waals surface area contributed by atoms with Crippen LogP contribution >= 0.6 is 0 Å². The van der Waals surface area contributed by atoms with Gasteiger partial charge in [0, 0.05) is 12.4 Å². The van der Waals surface area contributed by atoms with Crippen molar-refractivity contribution in [1.82, 2.24) is 4.98 Å². The molecular formula is C23H21NO3. The monoisotopic (exact) mass is 359 g/mol. The molecular weight excluding hydrogens is 338 g/mol. The van der Waals surface area contributed by atoms with Crippen LogP contribution in [-0.4, -0.2) is 17.6 Å². The van der Waals surface area contributed by atoms with E-state index >= 15 is 0 Å². The molecule has 1 heterocycles. The molecule has 0 aliphatic heterocycles. The summed E-state index contributed by atoms with van der Waals surface area (Å²) in [7, 11) is 0. The van der Waals surface area contributed by atoms with Gasteiger partial charge in [0.25, 0.3) is 0 Å². The smallest absolute Gasteiger partial charge is 0.315 e. The van der Waals surface area contributed by atoms with Crippen LogP contribution in [0.15, 0.2) is 73.1 Å². The highest BCUT2D eigenvalue weighted by atomic mass is 16.5. The first kappa shape index (κ1) is 18.4. The molecule has 0 aliphatic rings. The lowest BCUT2D eigenvalue weighted by Crippen LogP contribution is -2.11. The molecule has 1 aromatic heterocycles. The zero-order chi connectivity index (χ0) is 18.9. The minimum absolute atomic E-state index is 0.218. The molecule has 136 valence electrons. The second-order valence-electron chi connectivity index (χ2n) is 5.91. The molecule has 3 aromatic rings. The van der Waals surface area contributed by atoms with Gasteiger partial charge in [-0.2, -0.15) is 0 Å². The van der Waals surface area contributed by atoms with Gasteiger partial charge in [0.1, 0.15) is 11.5 Å². The number of esters is 1. The zero-order valence-corrected chi connectivity index (χ0v) is 15.2. The first-order valence-electron chi connectivity index (χ1n) is 8.83. The van der Waals surface area contributed by atoms with E-state index in [1.807, 2.05) is 67.6 Å². The number of hydrogen-bond acceptors (Lipinski definition) is 4. The van der Waals surface area contributed by atoms with Gasteiger partial charge in [-0.25, -0.2) is 0 Å². The third kappa shape index (κ3) is 5.82. The normalized spacial score (nSPS) is 10.7. The van der Waals surface area contributed by atoms with Crippen molar-refractivity contribution < 1.29 is 14.3 Å². The van der Waals surface area contributed by atoms with Crippen LogP contribution < -0.4 is 9.47 Å². The van der Waals surface area contributed by atoms with Crippen LogP contribution in [0, 0.1) is 0 Å². The fraction of sp³-hybridized carbons (Fsp3) is 0.130. The highest BCUT2D eigenvalue weighted by molar-refractivity contribution is 5.75. The average Bonchev–Trinajstić information content (AvgIpc) is 2.70. The van der Waals surface area contributed by atoms with Crippen LogP contribution in [0.5, 0.6) is 11.5 Å². The van der Waals surface area contributed by atoms with Crippen LogP contribution in [0.3, 0.4) is 0 Å². The van der Waals surface area contributed by atoms with Crippen LogP contribution in [-0.2, 0) is 11.2 Å². The second-order valence-corrected chi connectivity index (χ2v) is 5.91. The summed E-state index contributed by atoms with van der Waals surface area (Å²) < 4.78 is 10.8. The van der Waals surface area contributed by atoms with Crippen LogP contribution in [0.2, 0.25) is 0 Å². The number of carbonyl (C=O) groups is 1. The number of carbonyl (C=O) groups excluding carboxylic acids is 1. The number of hydrogen-bond donors (Lipinski definition) is 0. The SMILES string of the molecule is CCOc1ccc(CC(=O)Oc2ccc(/C=C/c3ccncc3)cc2)cc1. The van der Waals surface area contributed by atoms with Gasteiger partial charge in [-0.05, 0) is 60.0 Å². The van der Waals surface area contributed by atoms with Gasteiger partial charge in [-0.3, -0.25) is 9.78 Å². The predicted molar refractivity (Wildman–Crippen MR) is 107 cm³/mol. The summed E-state index contributed by atoms with van der Waals surface area (Å²) in [4.78, 5) is 16.1. The van der Waals surface area contributed by atoms with Crippen LogP contribution in [0.1, 0.15) is 23.6 Å². The van der Waals surface area contributed by atoms with Crippen LogP contribution in [0.25, 0.3) is 12.2 Å². The molecule has 0 radical (unpaired) electrons. The van der Waals surface area contributed by atoms with Gasteiger partial charge in [0.2, 0.25) is 0 Å². The molecule has 0 aliphatic carbocycles. The van der Waals surface area contributed by atoms with Gasteiger partial charge in [0.05, 0.1) is 13.0 Å². The molecule has 0 amide bonds. The molecule has 4 heteroatoms. The van der Waals surface area contributed by atoms with Gasteiger partial charge in [-0.1, -0.05) is 36.4 Å². The Balaban J connectivity index is 1.54. The first-order chi connectivity index (χ1) is 13.2. The molecule has 0 saturated carbocycles. The summed E-state index contributed by atoms with van der Waals surface area (Å²) in [6, 6.07) is 18.8. The summed E-state index contributed by atoms with van der Waals surface area (Å²) in [6.07, 6.45) is 7.74. The van der Waals surface area contributed by atoms with Crippen molar-refractivity contribution in [2.45, 2.75) is 13.3 Å². The van der Waals surface area contributed by atoms with E-state index in [9.17, 15) is 4.79 Å². The van der Waals surface area contributed by atoms with Gasteiger partial charge >= 0.3 is 5.97 Å². The third-order valence-corrected chi connectivity index (χ3v) is 3.87. The molecule has 0 atom stereocenters. The lowest BCUT2D eigenvalue weighted by atomic mass is 10.1. The number of pyridine rings is 1. The Kier molecular flexibility index (Phi) is 6.36. The molecule has 4 nitrogen and oxygen atoms in total. The Morgan fingerprint density at radius 1 is 0.852 bits per heavy atom. The topological polar surface area (TPSA) is 48.4 Å². The van der Waals surface area contributed by atoms with E-state index in [1.54, 1.807) is 24.5 Å². The Bertz CT molecular complexity index is 885. The minimum atomic E-state index is -0.292. The fourth-order valence-electron chi connectivity index (χ4n) is 2.52. The van der Waals surface area contributed by atoms with E-state index in [2.05, 4.69) is 4.98 Å². The maximum absolute atomic E-state index is 12.1. The average molecular weight is 359 g/mol. The first-order valence-corrected chi connectivity index (χ1v) is 8.83. The molecule has 0 saturated heterocycles. The van der Waals surface area contributed by atoms with Crippen molar-refractivity contribution in [3.8, 4) is 11.5 Å². The number of benzene rings is 2. The summed E-state index contributed by atoms with van der Waals surface area (Å²) in [5, 5.41) is 0. The summed E-state index contributed by atoms with van der Waals surface area (Å²) >= 11 is 0. The molecule has 0 spiro atoms. The van der Waals surface area contributed by atoms with Gasteiger partial charge in [-0.15, -0.1) is 0 Å². The van der Waals surface area contributed by atoms with E-state index in [1.165, 1.54) is 0 Å². The standard InChI is InChI=1S/C23H21NO3/c1-2-26-21-9-7-20(8-10-21)17-23(25)27-22-11-5-18(6-12-22)3-4-19-13-15-24-16-14-19/h3-16H,2,17H2,1H3/b4-3+. The van der Waals surface area contributed by atoms with E-state index < -0.39 is 0 Å². The molecule has 0 fully saturated rings. The van der Waals surface area contributed by atoms with Crippen LogP contribution in [0.4, 0.5) is 0 Å². The second kappa shape index (κ2) is 9.34. The van der Waals surface area contributed by atoms with E-state index in [4.69, 9.17) is 9.47 Å². The number of aromatic nitrogens is 1. The van der Waals surface area contributed by atoms with Crippen molar-refractivity contribution in [2.24, 2.45) is 0 Å². The molecule has 0 unspecified atom stereocenters. The fourth-order valence-corrected chi connectivity index (χ4v) is 2.52. The lowest BCUT2D eigenvalue weighted by Gasteiger charge is -2.06. The highest BCUT2D eigenvalue weighted by Crippen LogP contribution is 2.16. The van der Waals surface area contributed by atoms with Crippen molar-refractivity contribution in [3.05, 3.63) is 89.7 Å². The summed E-state index contributed by atoms with van der Waals surface area (Å²) in [6.45, 7) is 2.56. The largest absolute Gasteiger partial charge is 0.494 e. The van der Waals surface area contributed by atoms with Crippen molar-refractivity contribution in [2.75, 3.05) is 6.61 Å². The number of nitrogens with zero attached hydrogens (tertiary/aromatic N) is 1. The Morgan fingerprint density at radius 2 is 1.44 bits per heavy atom. The van der Waals surface area contributed by atoms with E-state index in [0.29, 0.717) is 12.4 Å². The van der Waals surface area contributed by atoms with E-state index in [0.717, 1.165) is 22.4 Å². The number of rotatable bonds is 7. The molecule has 27 heavy (non-hydrogen) atoms. The molecule has 0 bridgehead atoms. The maximum atomic E-state index is 12.1.